The van der Waals surface area contributed by atoms with Gasteiger partial charge in [0.15, 0.2) is 5.82 Å². The Morgan fingerprint density at radius 2 is 1.89 bits per heavy atom. The molecule has 0 radical (unpaired) electrons. The fourth-order valence-electron chi connectivity index (χ4n) is 2.52. The number of halogens is 2. The quantitative estimate of drug-likeness (QED) is 0.625. The standard InChI is InChI=1S/C8H9F2N7.C6H6O3S/c1-16-5-3-11-2-4(5)12-6(16)7-13-14-15-17(7)8(9)10;7-10(8,9)6-4-2-1-3-5-6/h8,11H,2-3H2,1H3;1-5H,(H,7,8,9). The van der Waals surface area contributed by atoms with Gasteiger partial charge in [0.2, 0.25) is 5.82 Å². The third-order valence-electron chi connectivity index (χ3n) is 3.80. The molecule has 1 aliphatic rings. The van der Waals surface area contributed by atoms with Gasteiger partial charge in [0.25, 0.3) is 10.1 Å². The van der Waals surface area contributed by atoms with E-state index in [9.17, 15) is 17.2 Å². The molecule has 4 rings (SSSR count). The van der Waals surface area contributed by atoms with Crippen LogP contribution in [0, 0.1) is 0 Å². The lowest BCUT2D eigenvalue weighted by atomic mass is 10.4. The van der Waals surface area contributed by atoms with Crippen molar-refractivity contribution in [3.8, 4) is 11.6 Å². The van der Waals surface area contributed by atoms with Gasteiger partial charge in [-0.3, -0.25) is 4.55 Å². The van der Waals surface area contributed by atoms with Crippen LogP contribution in [0.4, 0.5) is 8.78 Å². The summed E-state index contributed by atoms with van der Waals surface area (Å²) in [7, 11) is -2.24. The van der Waals surface area contributed by atoms with E-state index in [1.54, 1.807) is 29.8 Å². The first kappa shape index (κ1) is 19.0. The summed E-state index contributed by atoms with van der Waals surface area (Å²) >= 11 is 0. The number of tetrazole rings is 1. The molecule has 0 saturated heterocycles. The van der Waals surface area contributed by atoms with Crippen molar-refractivity contribution in [1.82, 2.24) is 35.1 Å². The van der Waals surface area contributed by atoms with Gasteiger partial charge in [-0.1, -0.05) is 18.2 Å². The first-order valence-electron chi connectivity index (χ1n) is 7.63. The van der Waals surface area contributed by atoms with Crippen molar-refractivity contribution in [3.63, 3.8) is 0 Å². The van der Waals surface area contributed by atoms with Crippen LogP contribution < -0.4 is 5.32 Å². The van der Waals surface area contributed by atoms with E-state index in [0.29, 0.717) is 23.6 Å². The number of hydrogen-bond acceptors (Lipinski definition) is 7. The molecule has 0 aliphatic carbocycles. The van der Waals surface area contributed by atoms with E-state index < -0.39 is 16.7 Å². The third-order valence-corrected chi connectivity index (χ3v) is 4.67. The van der Waals surface area contributed by atoms with Crippen LogP contribution in [0.15, 0.2) is 35.2 Å². The minimum Gasteiger partial charge on any atom is -0.327 e. The van der Waals surface area contributed by atoms with Crippen LogP contribution in [0.2, 0.25) is 0 Å². The second-order valence-electron chi connectivity index (χ2n) is 5.50. The van der Waals surface area contributed by atoms with Gasteiger partial charge >= 0.3 is 6.55 Å². The minimum atomic E-state index is -4.00. The summed E-state index contributed by atoms with van der Waals surface area (Å²) in [4.78, 5) is 4.21. The van der Waals surface area contributed by atoms with Crippen molar-refractivity contribution in [2.75, 3.05) is 0 Å². The maximum atomic E-state index is 12.7. The normalized spacial score (nSPS) is 13.4. The van der Waals surface area contributed by atoms with Gasteiger partial charge < -0.3 is 9.88 Å². The number of alkyl halides is 2. The number of hydrogen-bond donors (Lipinski definition) is 2. The van der Waals surface area contributed by atoms with E-state index in [1.165, 1.54) is 12.1 Å². The molecule has 10 nitrogen and oxygen atoms in total. The number of benzene rings is 1. The fourth-order valence-corrected chi connectivity index (χ4v) is 3.02. The molecule has 0 bridgehead atoms. The Kier molecular flexibility index (Phi) is 5.25. The molecule has 0 amide bonds. The fraction of sp³-hybridized carbons (Fsp3) is 0.286. The second kappa shape index (κ2) is 7.46. The molecule has 2 N–H and O–H groups in total. The Balaban J connectivity index is 0.000000180. The zero-order valence-electron chi connectivity index (χ0n) is 14.0. The van der Waals surface area contributed by atoms with Gasteiger partial charge in [-0.25, -0.2) is 4.98 Å². The topological polar surface area (TPSA) is 128 Å². The predicted molar refractivity (Wildman–Crippen MR) is 88.1 cm³/mol. The highest BCUT2D eigenvalue weighted by molar-refractivity contribution is 7.85. The van der Waals surface area contributed by atoms with Crippen LogP contribution in [0.3, 0.4) is 0 Å². The SMILES string of the molecule is Cn1c(-c2nnnn2C(F)F)nc2c1CNC2.O=S(=O)(O)c1ccccc1. The molecule has 3 aromatic rings. The zero-order chi connectivity index (χ0) is 19.6. The molecule has 0 unspecified atom stereocenters. The van der Waals surface area contributed by atoms with Gasteiger partial charge in [0.1, 0.15) is 0 Å². The van der Waals surface area contributed by atoms with Crippen LogP contribution >= 0.6 is 0 Å². The number of nitrogens with zero attached hydrogens (tertiary/aromatic N) is 6. The van der Waals surface area contributed by atoms with E-state index in [1.807, 2.05) is 0 Å². The summed E-state index contributed by atoms with van der Waals surface area (Å²) in [5, 5.41) is 13.2. The molecule has 0 saturated carbocycles. The molecule has 0 spiro atoms. The predicted octanol–water partition coefficient (Wildman–Crippen LogP) is 1.01. The van der Waals surface area contributed by atoms with Crippen molar-refractivity contribution < 1.29 is 21.8 Å². The van der Waals surface area contributed by atoms with E-state index in [4.69, 9.17) is 4.55 Å². The monoisotopic (exact) mass is 399 g/mol. The van der Waals surface area contributed by atoms with Crippen molar-refractivity contribution in [2.24, 2.45) is 7.05 Å². The molecule has 27 heavy (non-hydrogen) atoms. The zero-order valence-corrected chi connectivity index (χ0v) is 14.8. The highest BCUT2D eigenvalue weighted by Crippen LogP contribution is 2.24. The second-order valence-corrected chi connectivity index (χ2v) is 6.93. The molecule has 0 atom stereocenters. The first-order chi connectivity index (χ1) is 12.8. The summed E-state index contributed by atoms with van der Waals surface area (Å²) in [6.07, 6.45) is 0. The van der Waals surface area contributed by atoms with Gasteiger partial charge in [-0.05, 0) is 22.6 Å². The Bertz CT molecular complexity index is 1030. The molecule has 2 aromatic heterocycles. The largest absolute Gasteiger partial charge is 0.336 e. The molecule has 3 heterocycles. The van der Waals surface area contributed by atoms with Crippen LogP contribution in [0.5, 0.6) is 0 Å². The average molecular weight is 399 g/mol. The number of aromatic nitrogens is 6. The first-order valence-corrected chi connectivity index (χ1v) is 9.07. The smallest absolute Gasteiger partial charge is 0.327 e. The van der Waals surface area contributed by atoms with Gasteiger partial charge in [0.05, 0.1) is 16.3 Å². The summed E-state index contributed by atoms with van der Waals surface area (Å²) in [6, 6.07) is 7.42. The van der Waals surface area contributed by atoms with Gasteiger partial charge in [-0.15, -0.1) is 5.10 Å². The van der Waals surface area contributed by atoms with Crippen LogP contribution in [0.25, 0.3) is 11.6 Å². The molecular formula is C14H15F2N7O3S. The average Bonchev–Trinajstić information content (AvgIpc) is 3.33. The number of rotatable bonds is 3. The van der Waals surface area contributed by atoms with Gasteiger partial charge in [0, 0.05) is 20.1 Å². The number of nitrogens with one attached hydrogen (secondary N) is 1. The molecule has 144 valence electrons. The molecular weight excluding hydrogens is 384 g/mol. The molecule has 1 aliphatic heterocycles. The highest BCUT2D eigenvalue weighted by atomic mass is 32.2. The summed E-state index contributed by atoms with van der Waals surface area (Å²) in [6.45, 7) is -1.46. The van der Waals surface area contributed by atoms with Crippen molar-refractivity contribution >= 4 is 10.1 Å². The van der Waals surface area contributed by atoms with Crippen molar-refractivity contribution in [1.29, 1.82) is 0 Å². The molecule has 1 aromatic carbocycles. The summed E-state index contributed by atoms with van der Waals surface area (Å²) in [5.74, 6) is 0.346. The van der Waals surface area contributed by atoms with E-state index in [-0.39, 0.29) is 10.7 Å². The van der Waals surface area contributed by atoms with Crippen molar-refractivity contribution in [2.45, 2.75) is 24.5 Å². The number of fused-ring (bicyclic) bond motifs is 1. The Morgan fingerprint density at radius 3 is 2.44 bits per heavy atom. The van der Waals surface area contributed by atoms with E-state index in [2.05, 4.69) is 25.8 Å². The molecule has 0 fully saturated rings. The number of imidazole rings is 1. The highest BCUT2D eigenvalue weighted by Gasteiger charge is 2.25. The summed E-state index contributed by atoms with van der Waals surface area (Å²) in [5.41, 5.74) is 1.83. The lowest BCUT2D eigenvalue weighted by Crippen LogP contribution is -2.10. The lowest BCUT2D eigenvalue weighted by molar-refractivity contribution is 0.0562. The van der Waals surface area contributed by atoms with Crippen LogP contribution in [-0.4, -0.2) is 42.7 Å². The summed E-state index contributed by atoms with van der Waals surface area (Å²) < 4.78 is 56.7. The van der Waals surface area contributed by atoms with E-state index >= 15 is 0 Å². The third kappa shape index (κ3) is 3.99. The Labute approximate surface area is 152 Å². The van der Waals surface area contributed by atoms with Crippen molar-refractivity contribution in [3.05, 3.63) is 41.7 Å². The van der Waals surface area contributed by atoms with E-state index in [0.717, 1.165) is 11.4 Å². The lowest BCUT2D eigenvalue weighted by Gasteiger charge is -2.04. The minimum absolute atomic E-state index is 0.0168. The maximum Gasteiger partial charge on any atom is 0.336 e. The van der Waals surface area contributed by atoms with Gasteiger partial charge in [-0.2, -0.15) is 21.9 Å². The molecule has 13 heteroatoms. The maximum absolute atomic E-state index is 12.7. The Morgan fingerprint density at radius 1 is 1.19 bits per heavy atom. The Hall–Kier alpha value is -2.77. The van der Waals surface area contributed by atoms with Crippen LogP contribution in [-0.2, 0) is 30.3 Å². The van der Waals surface area contributed by atoms with Crippen LogP contribution in [0.1, 0.15) is 17.9 Å².